The molecule has 0 unspecified atom stereocenters. The number of ether oxygens (including phenoxy) is 2. The van der Waals surface area contributed by atoms with E-state index in [2.05, 4.69) is 45.2 Å². The van der Waals surface area contributed by atoms with Crippen molar-refractivity contribution in [3.63, 3.8) is 0 Å². The highest BCUT2D eigenvalue weighted by Crippen LogP contribution is 2.40. The first-order chi connectivity index (χ1) is 17.6. The fourth-order valence-electron chi connectivity index (χ4n) is 5.29. The van der Waals surface area contributed by atoms with E-state index in [1.54, 1.807) is 7.05 Å². The average molecular weight is 490 g/mol. The normalized spacial score (nSPS) is 22.5. The van der Waals surface area contributed by atoms with Crippen molar-refractivity contribution in [1.29, 1.82) is 0 Å². The number of pyridine rings is 1. The zero-order valence-electron chi connectivity index (χ0n) is 20.7. The molecular weight excluding hydrogens is 458 g/mol. The van der Waals surface area contributed by atoms with Crippen LogP contribution in [0.4, 0.5) is 22.0 Å². The highest BCUT2D eigenvalue weighted by atomic mass is 16.5. The second kappa shape index (κ2) is 9.18. The van der Waals surface area contributed by atoms with Crippen molar-refractivity contribution < 1.29 is 14.3 Å². The molecule has 188 valence electrons. The van der Waals surface area contributed by atoms with Gasteiger partial charge < -0.3 is 20.1 Å². The monoisotopic (exact) mass is 489 g/mol. The van der Waals surface area contributed by atoms with E-state index in [1.165, 1.54) is 4.90 Å². The van der Waals surface area contributed by atoms with Crippen LogP contribution < -0.4 is 15.5 Å². The number of urea groups is 1. The molecule has 2 atom stereocenters. The van der Waals surface area contributed by atoms with Crippen molar-refractivity contribution in [2.75, 3.05) is 37.5 Å². The molecule has 0 spiro atoms. The van der Waals surface area contributed by atoms with Crippen LogP contribution in [-0.2, 0) is 16.1 Å². The average Bonchev–Trinajstić information content (AvgIpc) is 3.28. The number of anilines is 2. The summed E-state index contributed by atoms with van der Waals surface area (Å²) in [6.45, 7) is 5.67. The molecule has 0 radical (unpaired) electrons. The number of aromatic nitrogens is 3. The van der Waals surface area contributed by atoms with Crippen molar-refractivity contribution >= 4 is 40.8 Å². The van der Waals surface area contributed by atoms with Crippen LogP contribution in [0.3, 0.4) is 0 Å². The van der Waals surface area contributed by atoms with Gasteiger partial charge in [-0.05, 0) is 56.2 Å². The maximum absolute atomic E-state index is 13.2. The summed E-state index contributed by atoms with van der Waals surface area (Å²) < 4.78 is 13.9. The number of nitrogens with zero attached hydrogens (tertiary/aromatic N) is 5. The van der Waals surface area contributed by atoms with Crippen molar-refractivity contribution in [3.05, 3.63) is 29.8 Å². The van der Waals surface area contributed by atoms with Gasteiger partial charge in [0, 0.05) is 32.7 Å². The summed E-state index contributed by atoms with van der Waals surface area (Å²) in [4.78, 5) is 23.9. The number of fused-ring (bicyclic) bond motifs is 5. The minimum Gasteiger partial charge on any atom is -0.386 e. The van der Waals surface area contributed by atoms with Gasteiger partial charge in [-0.15, -0.1) is 0 Å². The smallest absolute Gasteiger partial charge is 0.323 e. The van der Waals surface area contributed by atoms with E-state index >= 15 is 0 Å². The van der Waals surface area contributed by atoms with Crippen LogP contribution in [0.15, 0.2) is 29.3 Å². The first-order valence-electron chi connectivity index (χ1n) is 12.5. The van der Waals surface area contributed by atoms with Gasteiger partial charge in [-0.1, -0.05) is 6.07 Å². The number of nitrogens with one attached hydrogen (secondary N) is 2. The largest absolute Gasteiger partial charge is 0.386 e. The lowest BCUT2D eigenvalue weighted by Crippen LogP contribution is -2.54. The number of hydrogen-bond acceptors (Lipinski definition) is 7. The van der Waals surface area contributed by atoms with Gasteiger partial charge in [-0.2, -0.15) is 5.10 Å². The highest BCUT2D eigenvalue weighted by Gasteiger charge is 2.35. The summed E-state index contributed by atoms with van der Waals surface area (Å²) >= 11 is 0. The molecule has 36 heavy (non-hydrogen) atoms. The molecule has 2 aromatic heterocycles. The SMILES string of the molecule is C=Nc1c(NC)cc2nc1N(C)C(=O)N[C@@H]1CC[C@H]1OCc1ccc3c(c1)c-2nn3C1CCOCC1. The van der Waals surface area contributed by atoms with E-state index in [0.29, 0.717) is 23.8 Å². The third-order valence-electron chi connectivity index (χ3n) is 7.56. The van der Waals surface area contributed by atoms with Gasteiger partial charge in [-0.3, -0.25) is 14.6 Å². The minimum atomic E-state index is -0.252. The number of hydrogen-bond donors (Lipinski definition) is 2. The molecule has 4 heterocycles. The van der Waals surface area contributed by atoms with E-state index in [1.807, 2.05) is 13.1 Å². The maximum Gasteiger partial charge on any atom is 0.323 e. The van der Waals surface area contributed by atoms with Crippen LogP contribution >= 0.6 is 0 Å². The Balaban J connectivity index is 1.58. The summed E-state index contributed by atoms with van der Waals surface area (Å²) in [6, 6.07) is 8.29. The van der Waals surface area contributed by atoms with E-state index < -0.39 is 0 Å². The lowest BCUT2D eigenvalue weighted by atomic mass is 9.89. The van der Waals surface area contributed by atoms with Gasteiger partial charge in [-0.25, -0.2) is 9.78 Å². The van der Waals surface area contributed by atoms with Crippen LogP contribution in [0.2, 0.25) is 0 Å². The van der Waals surface area contributed by atoms with E-state index in [-0.39, 0.29) is 24.2 Å². The molecule has 1 aliphatic carbocycles. The van der Waals surface area contributed by atoms with Gasteiger partial charge in [0.25, 0.3) is 0 Å². The number of carbonyl (C=O) groups is 1. The molecule has 10 heteroatoms. The Kier molecular flexibility index (Phi) is 5.85. The van der Waals surface area contributed by atoms with E-state index in [9.17, 15) is 4.79 Å². The highest BCUT2D eigenvalue weighted by molar-refractivity contribution is 5.99. The van der Waals surface area contributed by atoms with Gasteiger partial charge in [0.1, 0.15) is 11.4 Å². The fraction of sp³-hybridized carbons (Fsp3) is 0.462. The molecule has 1 aromatic carbocycles. The van der Waals surface area contributed by atoms with Crippen LogP contribution in [0.5, 0.6) is 0 Å². The van der Waals surface area contributed by atoms with Gasteiger partial charge in [0.15, 0.2) is 5.82 Å². The number of carbonyl (C=O) groups excluding carboxylic acids is 1. The summed E-state index contributed by atoms with van der Waals surface area (Å²) in [5.41, 5.74) is 4.79. The summed E-state index contributed by atoms with van der Waals surface area (Å²) in [5.74, 6) is 0.420. The Morgan fingerprint density at radius 1 is 1.19 bits per heavy atom. The third-order valence-corrected chi connectivity index (χ3v) is 7.56. The summed E-state index contributed by atoms with van der Waals surface area (Å²) in [5, 5.41) is 12.4. The van der Waals surface area contributed by atoms with Crippen molar-refractivity contribution in [1.82, 2.24) is 20.1 Å². The summed E-state index contributed by atoms with van der Waals surface area (Å²) in [6.07, 6.45) is 3.60. The molecule has 3 aliphatic rings. The van der Waals surface area contributed by atoms with Crippen molar-refractivity contribution in [3.8, 4) is 11.4 Å². The lowest BCUT2D eigenvalue weighted by molar-refractivity contribution is -0.0321. The zero-order chi connectivity index (χ0) is 24.8. The number of rotatable bonds is 3. The molecule has 1 saturated carbocycles. The van der Waals surface area contributed by atoms with Crippen LogP contribution in [0.25, 0.3) is 22.3 Å². The third kappa shape index (κ3) is 3.81. The molecule has 4 bridgehead atoms. The van der Waals surface area contributed by atoms with Gasteiger partial charge in [0.05, 0.1) is 41.7 Å². The Morgan fingerprint density at radius 3 is 2.75 bits per heavy atom. The summed E-state index contributed by atoms with van der Waals surface area (Å²) in [7, 11) is 3.52. The number of aliphatic imine (C=N–C) groups is 1. The first kappa shape index (κ1) is 22.9. The van der Waals surface area contributed by atoms with Crippen LogP contribution in [0, 0.1) is 0 Å². The maximum atomic E-state index is 13.2. The first-order valence-corrected chi connectivity index (χ1v) is 12.5. The predicted octanol–water partition coefficient (Wildman–Crippen LogP) is 4.03. The Bertz CT molecular complexity index is 1330. The van der Waals surface area contributed by atoms with E-state index in [0.717, 1.165) is 66.7 Å². The molecule has 6 rings (SSSR count). The molecule has 1 saturated heterocycles. The lowest BCUT2D eigenvalue weighted by Gasteiger charge is -2.37. The van der Waals surface area contributed by atoms with Crippen LogP contribution in [0.1, 0.15) is 37.3 Å². The second-order valence-electron chi connectivity index (χ2n) is 9.67. The van der Waals surface area contributed by atoms with Gasteiger partial charge >= 0.3 is 6.03 Å². The predicted molar refractivity (Wildman–Crippen MR) is 139 cm³/mol. The molecule has 2 aliphatic heterocycles. The molecule has 2 fully saturated rings. The minimum absolute atomic E-state index is 0.0189. The van der Waals surface area contributed by atoms with Gasteiger partial charge in [0.2, 0.25) is 0 Å². The quantitative estimate of drug-likeness (QED) is 0.538. The molecule has 10 nitrogen and oxygen atoms in total. The Hall–Kier alpha value is -3.50. The molecule has 3 aromatic rings. The standard InChI is InChI=1S/C26H31N7O3/c1-27-19-13-20-23-17-12-15(4-6-21(17)33(31-23)16-8-10-35-11-9-16)14-36-22-7-5-18(22)30-26(34)32(3)25(29-20)24(19)28-2/h4,6,12-13,16,18,22H,2,5,7-11,14H2,1,3H3,(H,27,29)(H,30,34)/t18-,22-/m1/s1. The number of benzene rings is 1. The topological polar surface area (TPSA) is 106 Å². The zero-order valence-corrected chi connectivity index (χ0v) is 20.7. The number of amides is 2. The fourth-order valence-corrected chi connectivity index (χ4v) is 5.29. The Morgan fingerprint density at radius 2 is 2.03 bits per heavy atom. The molecule has 2 N–H and O–H groups in total. The van der Waals surface area contributed by atoms with Crippen molar-refractivity contribution in [2.24, 2.45) is 4.99 Å². The van der Waals surface area contributed by atoms with E-state index in [4.69, 9.17) is 19.6 Å². The molecule has 2 amide bonds. The van der Waals surface area contributed by atoms with Crippen LogP contribution in [-0.4, -0.2) is 67.0 Å². The Labute approximate surface area is 209 Å². The molecular formula is C26H31N7O3. The second-order valence-corrected chi connectivity index (χ2v) is 9.67. The van der Waals surface area contributed by atoms with Crippen molar-refractivity contribution in [2.45, 2.75) is 50.5 Å².